The summed E-state index contributed by atoms with van der Waals surface area (Å²) in [6.07, 6.45) is 0.0261. The molecule has 3 N–H and O–H groups in total. The van der Waals surface area contributed by atoms with Gasteiger partial charge in [0.05, 0.1) is 11.5 Å². The number of carbonyl (C=O) groups is 4. The number of aliphatic hydroxyl groups excluding tert-OH is 1. The summed E-state index contributed by atoms with van der Waals surface area (Å²) in [5.41, 5.74) is -0.743. The summed E-state index contributed by atoms with van der Waals surface area (Å²) in [7, 11) is 0. The van der Waals surface area contributed by atoms with Gasteiger partial charge in [0.1, 0.15) is 11.6 Å². The summed E-state index contributed by atoms with van der Waals surface area (Å²) >= 11 is 0. The number of ether oxygens (including phenoxy) is 1. The van der Waals surface area contributed by atoms with Crippen LogP contribution in [0.25, 0.3) is 0 Å². The molecule has 2 aliphatic heterocycles. The highest BCUT2D eigenvalue weighted by Gasteiger charge is 2.49. The van der Waals surface area contributed by atoms with Crippen LogP contribution in [-0.2, 0) is 24.5 Å². The van der Waals surface area contributed by atoms with Crippen LogP contribution in [0.5, 0.6) is 0 Å². The third kappa shape index (κ3) is 5.98. The number of hydrogen-bond donors (Lipinski definition) is 3. The van der Waals surface area contributed by atoms with Crippen molar-refractivity contribution < 1.29 is 34.1 Å². The van der Waals surface area contributed by atoms with Gasteiger partial charge in [-0.2, -0.15) is 0 Å². The van der Waals surface area contributed by atoms with E-state index in [0.717, 1.165) is 5.56 Å². The number of nitrogens with zero attached hydrogens (tertiary/aromatic N) is 2. The molecule has 0 spiro atoms. The minimum Gasteiger partial charge on any atom is -0.480 e. The van der Waals surface area contributed by atoms with Crippen LogP contribution >= 0.6 is 0 Å². The Morgan fingerprint density at radius 1 is 1.08 bits per heavy atom. The predicted octanol–water partition coefficient (Wildman–Crippen LogP) is 1.90. The van der Waals surface area contributed by atoms with Crippen LogP contribution in [0.3, 0.4) is 0 Å². The number of aliphatic hydroxyl groups is 1. The van der Waals surface area contributed by atoms with Crippen molar-refractivity contribution in [1.82, 2.24) is 15.1 Å². The topological polar surface area (TPSA) is 136 Å². The lowest BCUT2D eigenvalue weighted by Gasteiger charge is -2.44. The fourth-order valence-electron chi connectivity index (χ4n) is 4.98. The van der Waals surface area contributed by atoms with Gasteiger partial charge in [0, 0.05) is 19.6 Å². The predicted molar refractivity (Wildman–Crippen MR) is 131 cm³/mol. The van der Waals surface area contributed by atoms with Crippen LogP contribution < -0.4 is 5.32 Å². The summed E-state index contributed by atoms with van der Waals surface area (Å²) in [5.74, 6) is -2.15. The van der Waals surface area contributed by atoms with Crippen molar-refractivity contribution in [3.05, 3.63) is 35.9 Å². The zero-order valence-electron chi connectivity index (χ0n) is 21.4. The van der Waals surface area contributed by atoms with E-state index in [9.17, 15) is 29.4 Å². The molecular formula is C26H37N3O7. The van der Waals surface area contributed by atoms with Crippen LogP contribution in [0.4, 0.5) is 4.79 Å². The first-order valence-electron chi connectivity index (χ1n) is 12.4. The van der Waals surface area contributed by atoms with Crippen LogP contribution in [-0.4, -0.2) is 87.3 Å². The SMILES string of the molecule is C[C@H](O)[C@H](NC(=O)[C@H]1CCCN1C(=O)C1(c2ccccc2)CCN(C(=O)OC(C)(C)C)CC1)C(=O)O. The van der Waals surface area contributed by atoms with Gasteiger partial charge in [-0.25, -0.2) is 9.59 Å². The summed E-state index contributed by atoms with van der Waals surface area (Å²) in [5, 5.41) is 21.5. The average molecular weight is 504 g/mol. The van der Waals surface area contributed by atoms with Crippen molar-refractivity contribution >= 4 is 23.9 Å². The largest absolute Gasteiger partial charge is 0.480 e. The molecule has 0 radical (unpaired) electrons. The van der Waals surface area contributed by atoms with Gasteiger partial charge < -0.3 is 30.1 Å². The molecule has 3 rings (SSSR count). The van der Waals surface area contributed by atoms with E-state index in [-0.39, 0.29) is 5.91 Å². The quantitative estimate of drug-likeness (QED) is 0.539. The molecule has 2 aliphatic rings. The molecule has 10 nitrogen and oxygen atoms in total. The van der Waals surface area contributed by atoms with E-state index in [1.165, 1.54) is 11.8 Å². The molecule has 3 amide bonds. The fourth-order valence-corrected chi connectivity index (χ4v) is 4.98. The van der Waals surface area contributed by atoms with Gasteiger partial charge in [-0.3, -0.25) is 9.59 Å². The maximum absolute atomic E-state index is 14.1. The Labute approximate surface area is 211 Å². The van der Waals surface area contributed by atoms with E-state index in [2.05, 4.69) is 5.32 Å². The number of carbonyl (C=O) groups excluding carboxylic acids is 3. The fraction of sp³-hybridized carbons (Fsp3) is 0.615. The third-order valence-electron chi connectivity index (χ3n) is 6.87. The molecule has 2 heterocycles. The van der Waals surface area contributed by atoms with Crippen molar-refractivity contribution in [2.24, 2.45) is 0 Å². The van der Waals surface area contributed by atoms with Gasteiger partial charge in [0.2, 0.25) is 11.8 Å². The minimum absolute atomic E-state index is 0.209. The van der Waals surface area contributed by atoms with Gasteiger partial charge in [0.15, 0.2) is 6.04 Å². The number of hydrogen-bond acceptors (Lipinski definition) is 6. The molecule has 1 aromatic rings. The number of amides is 3. The molecule has 2 fully saturated rings. The van der Waals surface area contributed by atoms with E-state index >= 15 is 0 Å². The standard InChI is InChI=1S/C26H37N3O7/c1-17(30)20(22(32)33)27-21(31)19-11-8-14-29(19)23(34)26(18-9-6-5-7-10-18)12-15-28(16-13-26)24(35)36-25(2,3)4/h5-7,9-10,17,19-20,30H,8,11-16H2,1-4H3,(H,27,31)(H,32,33)/t17-,19+,20-/m0/s1. The second-order valence-corrected chi connectivity index (χ2v) is 10.6. The van der Waals surface area contributed by atoms with E-state index in [4.69, 9.17) is 4.74 Å². The summed E-state index contributed by atoms with van der Waals surface area (Å²) < 4.78 is 5.51. The van der Waals surface area contributed by atoms with Crippen LogP contribution in [0.15, 0.2) is 30.3 Å². The van der Waals surface area contributed by atoms with E-state index < -0.39 is 47.2 Å². The molecule has 0 unspecified atom stereocenters. The first-order chi connectivity index (χ1) is 16.9. The van der Waals surface area contributed by atoms with Gasteiger partial charge >= 0.3 is 12.1 Å². The Morgan fingerprint density at radius 3 is 2.22 bits per heavy atom. The maximum Gasteiger partial charge on any atom is 0.410 e. The highest BCUT2D eigenvalue weighted by molar-refractivity contribution is 5.95. The Bertz CT molecular complexity index is 965. The smallest absolute Gasteiger partial charge is 0.410 e. The first-order valence-corrected chi connectivity index (χ1v) is 12.4. The highest BCUT2D eigenvalue weighted by atomic mass is 16.6. The zero-order valence-corrected chi connectivity index (χ0v) is 21.4. The number of rotatable bonds is 6. The van der Waals surface area contributed by atoms with Crippen LogP contribution in [0, 0.1) is 0 Å². The Hall–Kier alpha value is -3.14. The maximum atomic E-state index is 14.1. The van der Waals surface area contributed by atoms with Crippen molar-refractivity contribution in [3.8, 4) is 0 Å². The molecule has 3 atom stereocenters. The number of likely N-dealkylation sites (tertiary alicyclic amines) is 2. The average Bonchev–Trinajstić information content (AvgIpc) is 3.31. The molecule has 10 heteroatoms. The molecule has 2 saturated heterocycles. The molecule has 0 aliphatic carbocycles. The van der Waals surface area contributed by atoms with Crippen molar-refractivity contribution in [2.75, 3.05) is 19.6 Å². The Kier molecular flexibility index (Phi) is 8.28. The highest BCUT2D eigenvalue weighted by Crippen LogP contribution is 2.39. The molecule has 198 valence electrons. The minimum atomic E-state index is -1.46. The lowest BCUT2D eigenvalue weighted by Crippen LogP contribution is -2.58. The normalized spacial score (nSPS) is 21.4. The van der Waals surface area contributed by atoms with Gasteiger partial charge in [-0.1, -0.05) is 30.3 Å². The lowest BCUT2D eigenvalue weighted by atomic mass is 9.71. The van der Waals surface area contributed by atoms with Crippen molar-refractivity contribution in [1.29, 1.82) is 0 Å². The Morgan fingerprint density at radius 2 is 1.69 bits per heavy atom. The number of carboxylic acid groups (broad SMARTS) is 1. The van der Waals surface area contributed by atoms with Crippen LogP contribution in [0.2, 0.25) is 0 Å². The number of carboxylic acids is 1. The number of benzene rings is 1. The zero-order chi connectivity index (χ0) is 26.7. The second-order valence-electron chi connectivity index (χ2n) is 10.6. The van der Waals surface area contributed by atoms with E-state index in [0.29, 0.717) is 45.3 Å². The molecule has 36 heavy (non-hydrogen) atoms. The number of aliphatic carboxylic acids is 1. The summed E-state index contributed by atoms with van der Waals surface area (Å²) in [6.45, 7) is 7.72. The molecule has 0 bridgehead atoms. The molecule has 1 aromatic carbocycles. The molecule has 0 saturated carbocycles. The van der Waals surface area contributed by atoms with Gasteiger partial charge in [-0.05, 0) is 58.9 Å². The van der Waals surface area contributed by atoms with Crippen molar-refractivity contribution in [2.45, 2.75) is 82.6 Å². The summed E-state index contributed by atoms with van der Waals surface area (Å²) in [4.78, 5) is 54.4. The van der Waals surface area contributed by atoms with Crippen LogP contribution in [0.1, 0.15) is 58.9 Å². The summed E-state index contributed by atoms with van der Waals surface area (Å²) in [6, 6.07) is 7.07. The van der Waals surface area contributed by atoms with E-state index in [1.807, 2.05) is 30.3 Å². The molecular weight excluding hydrogens is 466 g/mol. The molecule has 0 aromatic heterocycles. The monoisotopic (exact) mass is 503 g/mol. The van der Waals surface area contributed by atoms with Gasteiger partial charge in [-0.15, -0.1) is 0 Å². The lowest BCUT2D eigenvalue weighted by molar-refractivity contribution is -0.148. The second kappa shape index (κ2) is 10.9. The van der Waals surface area contributed by atoms with Crippen molar-refractivity contribution in [3.63, 3.8) is 0 Å². The Balaban J connectivity index is 1.84. The first kappa shape index (κ1) is 27.4. The number of nitrogens with one attached hydrogen (secondary N) is 1. The van der Waals surface area contributed by atoms with E-state index in [1.54, 1.807) is 25.7 Å². The van der Waals surface area contributed by atoms with Gasteiger partial charge in [0.25, 0.3) is 0 Å². The third-order valence-corrected chi connectivity index (χ3v) is 6.87. The number of piperidine rings is 1.